The van der Waals surface area contributed by atoms with E-state index in [9.17, 15) is 5.11 Å². The Morgan fingerprint density at radius 3 is 2.60 bits per heavy atom. The van der Waals surface area contributed by atoms with Crippen LogP contribution < -0.4 is 4.90 Å². The van der Waals surface area contributed by atoms with Gasteiger partial charge >= 0.3 is 0 Å². The van der Waals surface area contributed by atoms with Crippen molar-refractivity contribution in [2.75, 3.05) is 11.9 Å². The number of thiophene rings is 1. The highest BCUT2D eigenvalue weighted by atomic mass is 79.9. The van der Waals surface area contributed by atoms with Crippen LogP contribution in [0.2, 0.25) is 0 Å². The molecule has 1 heterocycles. The second-order valence-electron chi connectivity index (χ2n) is 5.13. The summed E-state index contributed by atoms with van der Waals surface area (Å²) in [7, 11) is 2.11. The van der Waals surface area contributed by atoms with Gasteiger partial charge in [0.2, 0.25) is 0 Å². The summed E-state index contributed by atoms with van der Waals surface area (Å²) >= 11 is 5.35. The van der Waals surface area contributed by atoms with Gasteiger partial charge in [-0.1, -0.05) is 28.1 Å². The van der Waals surface area contributed by atoms with Crippen molar-refractivity contribution >= 4 is 33.0 Å². The smallest absolute Gasteiger partial charge is 0.0772 e. The number of nitrogens with zero attached hydrogens (tertiary/aromatic N) is 1. The molecule has 1 aromatic carbocycles. The first-order valence-electron chi connectivity index (χ1n) is 6.71. The van der Waals surface area contributed by atoms with Gasteiger partial charge in [-0.15, -0.1) is 11.3 Å². The van der Waals surface area contributed by atoms with Crippen molar-refractivity contribution in [1.82, 2.24) is 0 Å². The number of benzene rings is 1. The number of anilines is 1. The molecule has 1 aromatic heterocycles. The van der Waals surface area contributed by atoms with E-state index in [0.29, 0.717) is 6.04 Å². The summed E-state index contributed by atoms with van der Waals surface area (Å²) in [5.41, 5.74) is 2.08. The lowest BCUT2D eigenvalue weighted by Gasteiger charge is -2.27. The number of halogens is 1. The zero-order valence-corrected chi connectivity index (χ0v) is 14.4. The molecule has 4 heteroatoms. The van der Waals surface area contributed by atoms with Gasteiger partial charge in [0.05, 0.1) is 6.10 Å². The number of hydrogen-bond acceptors (Lipinski definition) is 3. The number of aliphatic hydroxyl groups is 1. The van der Waals surface area contributed by atoms with E-state index >= 15 is 0 Å². The number of aliphatic hydroxyl groups excluding tert-OH is 1. The zero-order valence-electron chi connectivity index (χ0n) is 12.0. The van der Waals surface area contributed by atoms with E-state index < -0.39 is 6.10 Å². The molecule has 20 heavy (non-hydrogen) atoms. The van der Waals surface area contributed by atoms with Gasteiger partial charge in [-0.05, 0) is 43.0 Å². The fourth-order valence-electron chi connectivity index (χ4n) is 2.19. The monoisotopic (exact) mass is 353 g/mol. The van der Waals surface area contributed by atoms with Crippen molar-refractivity contribution in [1.29, 1.82) is 0 Å². The zero-order chi connectivity index (χ0) is 14.7. The summed E-state index contributed by atoms with van der Waals surface area (Å²) in [6.07, 6.45) is 0.594. The molecule has 0 aliphatic rings. The highest BCUT2D eigenvalue weighted by Crippen LogP contribution is 2.29. The van der Waals surface area contributed by atoms with Gasteiger partial charge in [-0.2, -0.15) is 0 Å². The third kappa shape index (κ3) is 3.62. The molecule has 2 rings (SSSR count). The van der Waals surface area contributed by atoms with E-state index in [4.69, 9.17) is 0 Å². The molecule has 2 nitrogen and oxygen atoms in total. The van der Waals surface area contributed by atoms with E-state index in [1.165, 1.54) is 4.88 Å². The molecule has 0 amide bonds. The molecular formula is C16H20BrNOS. The van der Waals surface area contributed by atoms with Gasteiger partial charge in [-0.25, -0.2) is 0 Å². The Morgan fingerprint density at radius 1 is 1.30 bits per heavy atom. The largest absolute Gasteiger partial charge is 0.389 e. The predicted octanol–water partition coefficient (Wildman–Crippen LogP) is 4.63. The quantitative estimate of drug-likeness (QED) is 0.846. The summed E-state index contributed by atoms with van der Waals surface area (Å²) in [4.78, 5) is 3.68. The number of likely N-dealkylation sites (N-methyl/N-ethyl adjacent to an activating group) is 1. The van der Waals surface area contributed by atoms with Crippen LogP contribution in [0.15, 0.2) is 40.2 Å². The summed E-state index contributed by atoms with van der Waals surface area (Å²) in [5, 5.41) is 11.8. The van der Waals surface area contributed by atoms with Crippen LogP contribution in [0.1, 0.15) is 30.4 Å². The molecular weight excluding hydrogens is 334 g/mol. The lowest BCUT2D eigenvalue weighted by molar-refractivity contribution is 0.198. The van der Waals surface area contributed by atoms with Crippen molar-refractivity contribution in [3.63, 3.8) is 0 Å². The summed E-state index contributed by atoms with van der Waals surface area (Å²) < 4.78 is 0.958. The van der Waals surface area contributed by atoms with Crippen LogP contribution in [0.4, 0.5) is 5.69 Å². The van der Waals surface area contributed by atoms with Crippen LogP contribution in [0.3, 0.4) is 0 Å². The predicted molar refractivity (Wildman–Crippen MR) is 90.7 cm³/mol. The van der Waals surface area contributed by atoms with Crippen LogP contribution >= 0.6 is 27.3 Å². The van der Waals surface area contributed by atoms with E-state index in [2.05, 4.69) is 64.4 Å². The average Bonchev–Trinajstić information content (AvgIpc) is 2.90. The van der Waals surface area contributed by atoms with Gasteiger partial charge in [0.1, 0.15) is 0 Å². The molecule has 0 aliphatic carbocycles. The van der Waals surface area contributed by atoms with Crippen LogP contribution in [0, 0.1) is 0 Å². The highest BCUT2D eigenvalue weighted by Gasteiger charge is 2.14. The maximum Gasteiger partial charge on any atom is 0.0772 e. The second-order valence-corrected chi connectivity index (χ2v) is 7.01. The average molecular weight is 354 g/mol. The Bertz CT molecular complexity index is 554. The van der Waals surface area contributed by atoms with Crippen molar-refractivity contribution in [3.8, 4) is 0 Å². The van der Waals surface area contributed by atoms with Crippen LogP contribution in [0.5, 0.6) is 0 Å². The Kier molecular flexibility index (Phi) is 5.24. The minimum absolute atomic E-state index is 0.429. The standard InChI is InChI=1S/C16H20BrNOS/c1-11(9-14-5-4-8-20-14)18(3)13-6-7-15(12(2)19)16(17)10-13/h4-8,10-12,19H,9H2,1-3H3. The molecule has 1 N–H and O–H groups in total. The lowest BCUT2D eigenvalue weighted by atomic mass is 10.1. The van der Waals surface area contributed by atoms with E-state index in [1.54, 1.807) is 18.3 Å². The summed E-state index contributed by atoms with van der Waals surface area (Å²) in [6, 6.07) is 10.8. The third-order valence-electron chi connectivity index (χ3n) is 3.58. The molecule has 2 unspecified atom stereocenters. The van der Waals surface area contributed by atoms with Crippen LogP contribution in [-0.4, -0.2) is 18.2 Å². The minimum Gasteiger partial charge on any atom is -0.389 e. The van der Waals surface area contributed by atoms with E-state index in [-0.39, 0.29) is 0 Å². The fraction of sp³-hybridized carbons (Fsp3) is 0.375. The Balaban J connectivity index is 2.12. The molecule has 0 spiro atoms. The summed E-state index contributed by atoms with van der Waals surface area (Å²) in [6.45, 7) is 4.01. The molecule has 0 bridgehead atoms. The lowest BCUT2D eigenvalue weighted by Crippen LogP contribution is -2.30. The van der Waals surface area contributed by atoms with E-state index in [0.717, 1.165) is 22.1 Å². The third-order valence-corrected chi connectivity index (χ3v) is 5.16. The Hall–Kier alpha value is -0.840. The number of rotatable bonds is 5. The maximum absolute atomic E-state index is 9.67. The molecule has 0 radical (unpaired) electrons. The molecule has 2 aromatic rings. The van der Waals surface area contributed by atoms with Gasteiger partial charge in [0.15, 0.2) is 0 Å². The van der Waals surface area contributed by atoms with Gasteiger partial charge < -0.3 is 10.0 Å². The molecule has 0 fully saturated rings. The van der Waals surface area contributed by atoms with Crippen molar-refractivity contribution < 1.29 is 5.11 Å². The van der Waals surface area contributed by atoms with Crippen molar-refractivity contribution in [3.05, 3.63) is 50.6 Å². The SMILES string of the molecule is CC(O)c1ccc(N(C)C(C)Cc2cccs2)cc1Br. The number of hydrogen-bond donors (Lipinski definition) is 1. The topological polar surface area (TPSA) is 23.5 Å². The maximum atomic E-state index is 9.67. The molecule has 0 saturated carbocycles. The molecule has 108 valence electrons. The van der Waals surface area contributed by atoms with Gasteiger partial charge in [0.25, 0.3) is 0 Å². The van der Waals surface area contributed by atoms with Crippen LogP contribution in [-0.2, 0) is 6.42 Å². The first kappa shape index (κ1) is 15.5. The van der Waals surface area contributed by atoms with Crippen molar-refractivity contribution in [2.45, 2.75) is 32.4 Å². The van der Waals surface area contributed by atoms with Crippen LogP contribution in [0.25, 0.3) is 0 Å². The van der Waals surface area contributed by atoms with Gasteiger partial charge in [0, 0.05) is 34.5 Å². The van der Waals surface area contributed by atoms with Crippen molar-refractivity contribution in [2.24, 2.45) is 0 Å². The highest BCUT2D eigenvalue weighted by molar-refractivity contribution is 9.10. The normalized spacial score (nSPS) is 14.1. The first-order chi connectivity index (χ1) is 9.49. The second kappa shape index (κ2) is 6.74. The Labute approximate surface area is 133 Å². The minimum atomic E-state index is -0.452. The molecule has 0 aliphatic heterocycles. The summed E-state index contributed by atoms with van der Waals surface area (Å²) in [5.74, 6) is 0. The molecule has 0 saturated heterocycles. The first-order valence-corrected chi connectivity index (χ1v) is 8.39. The van der Waals surface area contributed by atoms with Gasteiger partial charge in [-0.3, -0.25) is 0 Å². The Morgan fingerprint density at radius 2 is 2.05 bits per heavy atom. The fourth-order valence-corrected chi connectivity index (χ4v) is 3.71. The molecule has 2 atom stereocenters. The van der Waals surface area contributed by atoms with E-state index in [1.807, 2.05) is 6.07 Å².